The average Bonchev–Trinajstić information content (AvgIpc) is 3.13. The lowest BCUT2D eigenvalue weighted by atomic mass is 10.0. The monoisotopic (exact) mass is 316 g/mol. The normalized spacial score (nSPS) is 18.9. The predicted octanol–water partition coefficient (Wildman–Crippen LogP) is 2.07. The third kappa shape index (κ3) is 2.78. The number of hydrogen-bond donors (Lipinski definition) is 1. The molecule has 0 spiro atoms. The zero-order valence-corrected chi connectivity index (χ0v) is 12.8. The maximum Gasteiger partial charge on any atom is 0.0862 e. The first-order valence-corrected chi connectivity index (χ1v) is 7.28. The number of methoxy groups -OCH3 is 1. The van der Waals surface area contributed by atoms with E-state index in [2.05, 4.69) is 28.0 Å². The van der Waals surface area contributed by atoms with Gasteiger partial charge in [0.25, 0.3) is 0 Å². The minimum Gasteiger partial charge on any atom is -0.390 e. The summed E-state index contributed by atoms with van der Waals surface area (Å²) in [6, 6.07) is 0. The molecule has 18 heavy (non-hydrogen) atoms. The number of halogens is 1. The molecule has 1 aromatic rings. The van der Waals surface area contributed by atoms with Gasteiger partial charge < -0.3 is 9.84 Å². The molecule has 2 atom stereocenters. The van der Waals surface area contributed by atoms with Gasteiger partial charge in [-0.15, -0.1) is 0 Å². The predicted molar refractivity (Wildman–Crippen MR) is 73.5 cm³/mol. The van der Waals surface area contributed by atoms with Crippen LogP contribution >= 0.6 is 15.9 Å². The largest absolute Gasteiger partial charge is 0.390 e. The summed E-state index contributed by atoms with van der Waals surface area (Å²) in [5, 5.41) is 14.8. The van der Waals surface area contributed by atoms with Crippen molar-refractivity contribution in [2.24, 2.45) is 13.0 Å². The van der Waals surface area contributed by atoms with E-state index in [4.69, 9.17) is 4.74 Å². The van der Waals surface area contributed by atoms with Crippen LogP contribution in [0.3, 0.4) is 0 Å². The fourth-order valence-electron chi connectivity index (χ4n) is 2.44. The first-order chi connectivity index (χ1) is 8.58. The van der Waals surface area contributed by atoms with Crippen molar-refractivity contribution in [3.8, 4) is 0 Å². The number of aliphatic hydroxyl groups excluding tert-OH is 1. The fraction of sp³-hybridized carbons (Fsp3) is 0.769. The van der Waals surface area contributed by atoms with Gasteiger partial charge >= 0.3 is 0 Å². The Kier molecular flexibility index (Phi) is 4.45. The number of aryl methyl sites for hydroxylation is 2. The second-order valence-corrected chi connectivity index (χ2v) is 5.79. The van der Waals surface area contributed by atoms with Crippen LogP contribution in [0.1, 0.15) is 31.2 Å². The van der Waals surface area contributed by atoms with Gasteiger partial charge in [0.2, 0.25) is 0 Å². The van der Waals surface area contributed by atoms with Crippen LogP contribution in [-0.2, 0) is 24.6 Å². The highest BCUT2D eigenvalue weighted by molar-refractivity contribution is 9.10. The van der Waals surface area contributed by atoms with Gasteiger partial charge in [-0.2, -0.15) is 5.10 Å². The lowest BCUT2D eigenvalue weighted by Crippen LogP contribution is -2.32. The Balaban J connectivity index is 2.10. The van der Waals surface area contributed by atoms with E-state index in [-0.39, 0.29) is 6.10 Å². The van der Waals surface area contributed by atoms with Crippen LogP contribution in [0.15, 0.2) is 4.47 Å². The summed E-state index contributed by atoms with van der Waals surface area (Å²) in [4.78, 5) is 0. The molecule has 1 saturated carbocycles. The van der Waals surface area contributed by atoms with Gasteiger partial charge in [-0.3, -0.25) is 4.68 Å². The Bertz CT molecular complexity index is 415. The zero-order chi connectivity index (χ0) is 13.3. The lowest BCUT2D eigenvalue weighted by Gasteiger charge is -2.21. The Labute approximate surface area is 116 Å². The van der Waals surface area contributed by atoms with Crippen molar-refractivity contribution >= 4 is 15.9 Å². The quantitative estimate of drug-likeness (QED) is 0.874. The van der Waals surface area contributed by atoms with E-state index in [1.54, 1.807) is 7.11 Å². The molecule has 2 rings (SSSR count). The molecule has 2 unspecified atom stereocenters. The molecule has 0 aliphatic heterocycles. The van der Waals surface area contributed by atoms with Crippen LogP contribution in [0.25, 0.3) is 0 Å². The molecular formula is C13H21BrN2O2. The van der Waals surface area contributed by atoms with E-state index in [1.807, 2.05) is 11.7 Å². The highest BCUT2D eigenvalue weighted by Crippen LogP contribution is 2.36. The van der Waals surface area contributed by atoms with Crippen LogP contribution < -0.4 is 0 Å². The fourth-order valence-corrected chi connectivity index (χ4v) is 3.22. The first-order valence-electron chi connectivity index (χ1n) is 6.49. The highest BCUT2D eigenvalue weighted by atomic mass is 79.9. The SMILES string of the molecule is CCc1nn(C)c(CC(O)C(OC)C2CC2)c1Br. The zero-order valence-electron chi connectivity index (χ0n) is 11.2. The van der Waals surface area contributed by atoms with Gasteiger partial charge in [-0.1, -0.05) is 6.92 Å². The van der Waals surface area contributed by atoms with Crippen molar-refractivity contribution in [2.75, 3.05) is 7.11 Å². The smallest absolute Gasteiger partial charge is 0.0862 e. The molecule has 1 fully saturated rings. The molecule has 4 nitrogen and oxygen atoms in total. The van der Waals surface area contributed by atoms with Crippen molar-refractivity contribution in [1.29, 1.82) is 0 Å². The maximum absolute atomic E-state index is 10.3. The van der Waals surface area contributed by atoms with Gasteiger partial charge in [-0.25, -0.2) is 0 Å². The summed E-state index contributed by atoms with van der Waals surface area (Å²) in [5.41, 5.74) is 2.09. The summed E-state index contributed by atoms with van der Waals surface area (Å²) >= 11 is 3.58. The minimum absolute atomic E-state index is 0.0446. The topological polar surface area (TPSA) is 47.3 Å². The van der Waals surface area contributed by atoms with Crippen molar-refractivity contribution in [3.63, 3.8) is 0 Å². The van der Waals surface area contributed by atoms with Crippen LogP contribution in [0, 0.1) is 5.92 Å². The van der Waals surface area contributed by atoms with E-state index in [0.717, 1.165) is 22.3 Å². The Morgan fingerprint density at radius 2 is 2.22 bits per heavy atom. The van der Waals surface area contributed by atoms with E-state index in [0.29, 0.717) is 12.3 Å². The molecule has 1 aliphatic carbocycles. The summed E-state index contributed by atoms with van der Waals surface area (Å²) in [6.07, 6.45) is 3.31. The van der Waals surface area contributed by atoms with Crippen molar-refractivity contribution in [3.05, 3.63) is 15.9 Å². The van der Waals surface area contributed by atoms with Gasteiger partial charge in [0.15, 0.2) is 0 Å². The van der Waals surface area contributed by atoms with Crippen LogP contribution in [0.2, 0.25) is 0 Å². The highest BCUT2D eigenvalue weighted by Gasteiger charge is 2.36. The molecular weight excluding hydrogens is 296 g/mol. The molecule has 0 radical (unpaired) electrons. The number of hydrogen-bond acceptors (Lipinski definition) is 3. The molecule has 0 bridgehead atoms. The van der Waals surface area contributed by atoms with Crippen molar-refractivity contribution < 1.29 is 9.84 Å². The second-order valence-electron chi connectivity index (χ2n) is 4.99. The average molecular weight is 317 g/mol. The number of rotatable bonds is 6. The van der Waals surface area contributed by atoms with Crippen molar-refractivity contribution in [2.45, 2.75) is 44.8 Å². The maximum atomic E-state index is 10.3. The van der Waals surface area contributed by atoms with Crippen molar-refractivity contribution in [1.82, 2.24) is 9.78 Å². The number of aliphatic hydroxyl groups is 1. The molecule has 1 aliphatic rings. The lowest BCUT2D eigenvalue weighted by molar-refractivity contribution is -0.0245. The van der Waals surface area contributed by atoms with Gasteiger partial charge in [0.1, 0.15) is 0 Å². The van der Waals surface area contributed by atoms with Gasteiger partial charge in [0.05, 0.1) is 28.1 Å². The molecule has 0 saturated heterocycles. The summed E-state index contributed by atoms with van der Waals surface area (Å²) in [6.45, 7) is 2.08. The van der Waals surface area contributed by atoms with E-state index in [1.165, 1.54) is 12.8 Å². The third-order valence-corrected chi connectivity index (χ3v) is 4.56. The van der Waals surface area contributed by atoms with E-state index < -0.39 is 6.10 Å². The van der Waals surface area contributed by atoms with Crippen LogP contribution in [-0.4, -0.2) is 34.2 Å². The molecule has 0 aromatic carbocycles. The van der Waals surface area contributed by atoms with E-state index >= 15 is 0 Å². The molecule has 1 N–H and O–H groups in total. The third-order valence-electron chi connectivity index (χ3n) is 3.64. The molecule has 1 heterocycles. The summed E-state index contributed by atoms with van der Waals surface area (Å²) < 4.78 is 8.30. The van der Waals surface area contributed by atoms with Crippen LogP contribution in [0.4, 0.5) is 0 Å². The molecule has 5 heteroatoms. The standard InChI is InChI=1S/C13H21BrN2O2/c1-4-9-12(14)10(16(2)15-9)7-11(17)13(18-3)8-5-6-8/h8,11,13,17H,4-7H2,1-3H3. The second kappa shape index (κ2) is 5.72. The minimum atomic E-state index is -0.459. The molecule has 1 aromatic heterocycles. The summed E-state index contributed by atoms with van der Waals surface area (Å²) in [7, 11) is 3.60. The number of ether oxygens (including phenoxy) is 1. The van der Waals surface area contributed by atoms with Gasteiger partial charge in [0, 0.05) is 20.6 Å². The summed E-state index contributed by atoms with van der Waals surface area (Å²) in [5.74, 6) is 0.530. The Morgan fingerprint density at radius 1 is 1.56 bits per heavy atom. The van der Waals surface area contributed by atoms with E-state index in [9.17, 15) is 5.11 Å². The number of aromatic nitrogens is 2. The van der Waals surface area contributed by atoms with Crippen LogP contribution in [0.5, 0.6) is 0 Å². The molecule has 0 amide bonds. The molecule has 102 valence electrons. The van der Waals surface area contributed by atoms with Gasteiger partial charge in [-0.05, 0) is 41.1 Å². The Morgan fingerprint density at radius 3 is 2.67 bits per heavy atom. The number of nitrogens with zero attached hydrogens (tertiary/aromatic N) is 2. The first kappa shape index (κ1) is 14.0. The Hall–Kier alpha value is -0.390.